The minimum atomic E-state index is 1.03. The number of hydrogen-bond donors (Lipinski definition) is 1. The van der Waals surface area contributed by atoms with Crippen molar-refractivity contribution in [1.29, 1.82) is 0 Å². The standard InChI is InChI=1S/C15H14N2/c1-2-6-15-13(5-1)10-14(17-15)8-7-12-4-3-9-16-11-12/h1-6,9-11,17H,7-8H2. The normalized spacial score (nSPS) is 10.8. The highest BCUT2D eigenvalue weighted by molar-refractivity contribution is 5.80. The van der Waals surface area contributed by atoms with Crippen LogP contribution in [-0.2, 0) is 12.8 Å². The molecule has 17 heavy (non-hydrogen) atoms. The maximum absolute atomic E-state index is 4.13. The van der Waals surface area contributed by atoms with Crippen LogP contribution in [0.5, 0.6) is 0 Å². The lowest BCUT2D eigenvalue weighted by Crippen LogP contribution is -1.91. The number of hydrogen-bond acceptors (Lipinski definition) is 1. The van der Waals surface area contributed by atoms with Gasteiger partial charge in [0, 0.05) is 23.6 Å². The fourth-order valence-corrected chi connectivity index (χ4v) is 2.09. The maximum atomic E-state index is 4.13. The molecule has 3 aromatic rings. The molecule has 0 saturated heterocycles. The molecule has 0 saturated carbocycles. The molecule has 0 unspecified atom stereocenters. The highest BCUT2D eigenvalue weighted by Gasteiger charge is 2.00. The highest BCUT2D eigenvalue weighted by atomic mass is 14.7. The Labute approximate surface area is 100 Å². The first-order chi connectivity index (χ1) is 8.42. The quantitative estimate of drug-likeness (QED) is 0.723. The third-order valence-corrected chi connectivity index (χ3v) is 2.99. The van der Waals surface area contributed by atoms with Crippen LogP contribution in [0.1, 0.15) is 11.3 Å². The molecule has 0 bridgehead atoms. The summed E-state index contributed by atoms with van der Waals surface area (Å²) >= 11 is 0. The highest BCUT2D eigenvalue weighted by Crippen LogP contribution is 2.15. The summed E-state index contributed by atoms with van der Waals surface area (Å²) in [5.74, 6) is 0. The van der Waals surface area contributed by atoms with Crippen LogP contribution in [0.25, 0.3) is 10.9 Å². The zero-order valence-corrected chi connectivity index (χ0v) is 9.56. The Morgan fingerprint density at radius 2 is 1.94 bits per heavy atom. The van der Waals surface area contributed by atoms with Crippen molar-refractivity contribution in [1.82, 2.24) is 9.97 Å². The molecule has 2 heteroatoms. The van der Waals surface area contributed by atoms with Gasteiger partial charge in [0.15, 0.2) is 0 Å². The van der Waals surface area contributed by atoms with Gasteiger partial charge >= 0.3 is 0 Å². The summed E-state index contributed by atoms with van der Waals surface area (Å²) in [6.07, 6.45) is 5.80. The SMILES string of the molecule is c1cncc(CCc2cc3ccccc3[nH]2)c1. The van der Waals surface area contributed by atoms with Crippen LogP contribution in [0.15, 0.2) is 54.9 Å². The Hall–Kier alpha value is -2.09. The van der Waals surface area contributed by atoms with E-state index >= 15 is 0 Å². The predicted octanol–water partition coefficient (Wildman–Crippen LogP) is 3.35. The van der Waals surface area contributed by atoms with E-state index in [0.29, 0.717) is 0 Å². The van der Waals surface area contributed by atoms with Crippen LogP contribution in [0.3, 0.4) is 0 Å². The van der Waals surface area contributed by atoms with Gasteiger partial charge < -0.3 is 4.98 Å². The third-order valence-electron chi connectivity index (χ3n) is 2.99. The first-order valence-electron chi connectivity index (χ1n) is 5.87. The van der Waals surface area contributed by atoms with Crippen molar-refractivity contribution < 1.29 is 0 Å². The second kappa shape index (κ2) is 4.42. The van der Waals surface area contributed by atoms with Crippen molar-refractivity contribution >= 4 is 10.9 Å². The van der Waals surface area contributed by atoms with Gasteiger partial charge in [0.2, 0.25) is 0 Å². The molecule has 3 rings (SSSR count). The van der Waals surface area contributed by atoms with Gasteiger partial charge in [-0.05, 0) is 42.0 Å². The Morgan fingerprint density at radius 1 is 1.00 bits per heavy atom. The van der Waals surface area contributed by atoms with Crippen molar-refractivity contribution in [2.75, 3.05) is 0 Å². The number of aromatic amines is 1. The number of para-hydroxylation sites is 1. The van der Waals surface area contributed by atoms with Crippen LogP contribution in [-0.4, -0.2) is 9.97 Å². The zero-order valence-electron chi connectivity index (χ0n) is 9.56. The third kappa shape index (κ3) is 2.21. The van der Waals surface area contributed by atoms with Crippen LogP contribution < -0.4 is 0 Å². The van der Waals surface area contributed by atoms with E-state index in [1.165, 1.54) is 22.2 Å². The molecule has 0 aliphatic carbocycles. The summed E-state index contributed by atoms with van der Waals surface area (Å²) in [5.41, 5.74) is 3.79. The number of fused-ring (bicyclic) bond motifs is 1. The van der Waals surface area contributed by atoms with E-state index in [2.05, 4.69) is 46.4 Å². The lowest BCUT2D eigenvalue weighted by molar-refractivity contribution is 0.922. The van der Waals surface area contributed by atoms with Crippen LogP contribution in [0.2, 0.25) is 0 Å². The van der Waals surface area contributed by atoms with Crippen molar-refractivity contribution in [2.24, 2.45) is 0 Å². The average molecular weight is 222 g/mol. The van der Waals surface area contributed by atoms with Crippen molar-refractivity contribution in [3.63, 3.8) is 0 Å². The minimum Gasteiger partial charge on any atom is -0.358 e. The van der Waals surface area contributed by atoms with E-state index in [9.17, 15) is 0 Å². The zero-order chi connectivity index (χ0) is 11.5. The molecule has 0 atom stereocenters. The Balaban J connectivity index is 1.77. The second-order valence-electron chi connectivity index (χ2n) is 4.24. The number of pyridine rings is 1. The number of H-pyrrole nitrogens is 1. The summed E-state index contributed by atoms with van der Waals surface area (Å²) in [5, 5.41) is 1.29. The number of nitrogens with zero attached hydrogens (tertiary/aromatic N) is 1. The molecule has 1 N–H and O–H groups in total. The number of aromatic nitrogens is 2. The van der Waals surface area contributed by atoms with E-state index in [1.807, 2.05) is 18.5 Å². The molecule has 2 nitrogen and oxygen atoms in total. The molecule has 1 aromatic carbocycles. The summed E-state index contributed by atoms with van der Waals surface area (Å²) in [6.45, 7) is 0. The number of benzene rings is 1. The first kappa shape index (κ1) is 10.1. The van der Waals surface area contributed by atoms with Gasteiger partial charge in [0.25, 0.3) is 0 Å². The van der Waals surface area contributed by atoms with Gasteiger partial charge in [-0.15, -0.1) is 0 Å². The van der Waals surface area contributed by atoms with E-state index in [4.69, 9.17) is 0 Å². The number of aryl methyl sites for hydroxylation is 2. The first-order valence-corrected chi connectivity index (χ1v) is 5.87. The molecule has 0 fully saturated rings. The van der Waals surface area contributed by atoms with E-state index in [-0.39, 0.29) is 0 Å². The summed E-state index contributed by atoms with van der Waals surface area (Å²) < 4.78 is 0. The Kier molecular flexibility index (Phi) is 2.62. The van der Waals surface area contributed by atoms with E-state index in [0.717, 1.165) is 12.8 Å². The number of rotatable bonds is 3. The molecule has 0 spiro atoms. The largest absolute Gasteiger partial charge is 0.358 e. The van der Waals surface area contributed by atoms with Crippen LogP contribution >= 0.6 is 0 Å². The molecular formula is C15H14N2. The summed E-state index contributed by atoms with van der Waals surface area (Å²) in [6, 6.07) is 14.7. The minimum absolute atomic E-state index is 1.03. The predicted molar refractivity (Wildman–Crippen MR) is 69.9 cm³/mol. The maximum Gasteiger partial charge on any atom is 0.0456 e. The lowest BCUT2D eigenvalue weighted by atomic mass is 10.1. The van der Waals surface area contributed by atoms with E-state index < -0.39 is 0 Å². The molecule has 2 heterocycles. The average Bonchev–Trinajstić information content (AvgIpc) is 2.80. The van der Waals surface area contributed by atoms with Crippen molar-refractivity contribution in [2.45, 2.75) is 12.8 Å². The Bertz CT molecular complexity index is 578. The van der Waals surface area contributed by atoms with Gasteiger partial charge in [0.1, 0.15) is 0 Å². The summed E-state index contributed by atoms with van der Waals surface area (Å²) in [7, 11) is 0. The van der Waals surface area contributed by atoms with E-state index in [1.54, 1.807) is 0 Å². The van der Waals surface area contributed by atoms with Crippen molar-refractivity contribution in [3.05, 3.63) is 66.1 Å². The van der Waals surface area contributed by atoms with Gasteiger partial charge in [-0.25, -0.2) is 0 Å². The molecular weight excluding hydrogens is 208 g/mol. The lowest BCUT2D eigenvalue weighted by Gasteiger charge is -1.98. The van der Waals surface area contributed by atoms with Gasteiger partial charge in [0.05, 0.1) is 0 Å². The topological polar surface area (TPSA) is 28.7 Å². The molecule has 0 amide bonds. The van der Waals surface area contributed by atoms with Crippen LogP contribution in [0.4, 0.5) is 0 Å². The second-order valence-corrected chi connectivity index (χ2v) is 4.24. The smallest absolute Gasteiger partial charge is 0.0456 e. The molecule has 84 valence electrons. The fraction of sp³-hybridized carbons (Fsp3) is 0.133. The Morgan fingerprint density at radius 3 is 2.76 bits per heavy atom. The van der Waals surface area contributed by atoms with Crippen LogP contribution in [0, 0.1) is 0 Å². The number of nitrogens with one attached hydrogen (secondary N) is 1. The fourth-order valence-electron chi connectivity index (χ4n) is 2.09. The molecule has 0 aliphatic rings. The van der Waals surface area contributed by atoms with Gasteiger partial charge in [-0.1, -0.05) is 24.3 Å². The van der Waals surface area contributed by atoms with Gasteiger partial charge in [-0.3, -0.25) is 4.98 Å². The monoisotopic (exact) mass is 222 g/mol. The molecule has 0 radical (unpaired) electrons. The molecule has 2 aromatic heterocycles. The van der Waals surface area contributed by atoms with Gasteiger partial charge in [-0.2, -0.15) is 0 Å². The molecule has 0 aliphatic heterocycles. The summed E-state index contributed by atoms with van der Waals surface area (Å²) in [4.78, 5) is 7.57. The van der Waals surface area contributed by atoms with Crippen molar-refractivity contribution in [3.8, 4) is 0 Å².